The van der Waals surface area contributed by atoms with E-state index in [1.54, 1.807) is 0 Å². The highest BCUT2D eigenvalue weighted by Gasteiger charge is 2.34. The van der Waals surface area contributed by atoms with E-state index >= 15 is 0 Å². The Bertz CT molecular complexity index is 603. The van der Waals surface area contributed by atoms with Crippen LogP contribution in [0.1, 0.15) is 31.2 Å². The van der Waals surface area contributed by atoms with Crippen LogP contribution in [-0.2, 0) is 16.2 Å². The van der Waals surface area contributed by atoms with Gasteiger partial charge in [0, 0.05) is 12.6 Å². The Balaban J connectivity index is 0.00000264. The molecule has 1 aliphatic heterocycles. The number of nitrogens with two attached hydrogens (primary N) is 1. The summed E-state index contributed by atoms with van der Waals surface area (Å²) in [5.41, 5.74) is 4.67. The van der Waals surface area contributed by atoms with E-state index in [-0.39, 0.29) is 23.3 Å². The van der Waals surface area contributed by atoms with Crippen LogP contribution in [0.2, 0.25) is 0 Å². The summed E-state index contributed by atoms with van der Waals surface area (Å²) in [7, 11) is -3.79. The molecule has 2 rings (SSSR count). The molecule has 1 unspecified atom stereocenters. The predicted molar refractivity (Wildman–Crippen MR) is 83.9 cm³/mol. The van der Waals surface area contributed by atoms with Crippen molar-refractivity contribution in [2.24, 2.45) is 5.73 Å². The minimum absolute atomic E-state index is 0. The molecule has 23 heavy (non-hydrogen) atoms. The van der Waals surface area contributed by atoms with E-state index in [0.717, 1.165) is 43.5 Å². The largest absolute Gasteiger partial charge is 0.416 e. The number of halogens is 4. The van der Waals surface area contributed by atoms with Crippen molar-refractivity contribution in [1.29, 1.82) is 0 Å². The zero-order valence-corrected chi connectivity index (χ0v) is 14.1. The van der Waals surface area contributed by atoms with Crippen molar-refractivity contribution in [1.82, 2.24) is 4.31 Å². The molecule has 0 radical (unpaired) electrons. The first-order valence-electron chi connectivity index (χ1n) is 7.16. The van der Waals surface area contributed by atoms with Gasteiger partial charge in [-0.3, -0.25) is 0 Å². The van der Waals surface area contributed by atoms with Crippen LogP contribution < -0.4 is 5.73 Å². The van der Waals surface area contributed by atoms with Crippen LogP contribution in [0.25, 0.3) is 0 Å². The van der Waals surface area contributed by atoms with Gasteiger partial charge in [0.05, 0.1) is 10.5 Å². The Morgan fingerprint density at radius 2 is 1.78 bits per heavy atom. The number of hydrogen-bond donors (Lipinski definition) is 1. The highest BCUT2D eigenvalue weighted by molar-refractivity contribution is 7.89. The summed E-state index contributed by atoms with van der Waals surface area (Å²) in [5, 5.41) is 0. The lowest BCUT2D eigenvalue weighted by Gasteiger charge is -2.34. The van der Waals surface area contributed by atoms with Gasteiger partial charge in [-0.15, -0.1) is 12.4 Å². The molecule has 4 nitrogen and oxygen atoms in total. The van der Waals surface area contributed by atoms with E-state index in [4.69, 9.17) is 5.73 Å². The number of rotatable bonds is 4. The first-order chi connectivity index (χ1) is 10.3. The van der Waals surface area contributed by atoms with Crippen molar-refractivity contribution in [2.45, 2.75) is 42.8 Å². The molecule has 1 aromatic carbocycles. The van der Waals surface area contributed by atoms with E-state index in [0.29, 0.717) is 19.5 Å². The lowest BCUT2D eigenvalue weighted by Crippen LogP contribution is -2.44. The lowest BCUT2D eigenvalue weighted by molar-refractivity contribution is -0.137. The maximum Gasteiger partial charge on any atom is 0.416 e. The zero-order valence-electron chi connectivity index (χ0n) is 12.4. The molecule has 1 atom stereocenters. The third kappa shape index (κ3) is 4.59. The normalized spacial score (nSPS) is 20.1. The third-order valence-electron chi connectivity index (χ3n) is 3.86. The monoisotopic (exact) mass is 372 g/mol. The summed E-state index contributed by atoms with van der Waals surface area (Å²) in [6, 6.07) is 3.47. The van der Waals surface area contributed by atoms with Crippen LogP contribution in [0, 0.1) is 0 Å². The molecule has 0 bridgehead atoms. The molecule has 2 N–H and O–H groups in total. The van der Waals surface area contributed by atoms with Gasteiger partial charge in [-0.25, -0.2) is 8.42 Å². The summed E-state index contributed by atoms with van der Waals surface area (Å²) >= 11 is 0. The number of alkyl halides is 3. The van der Waals surface area contributed by atoms with E-state index in [9.17, 15) is 21.6 Å². The van der Waals surface area contributed by atoms with Gasteiger partial charge in [-0.05, 0) is 50.1 Å². The molecule has 1 heterocycles. The van der Waals surface area contributed by atoms with Gasteiger partial charge in [0.15, 0.2) is 0 Å². The van der Waals surface area contributed by atoms with E-state index in [2.05, 4.69) is 0 Å². The van der Waals surface area contributed by atoms with Crippen LogP contribution in [0.3, 0.4) is 0 Å². The van der Waals surface area contributed by atoms with E-state index in [1.165, 1.54) is 4.31 Å². The van der Waals surface area contributed by atoms with Crippen molar-refractivity contribution in [2.75, 3.05) is 13.1 Å². The van der Waals surface area contributed by atoms with Gasteiger partial charge < -0.3 is 5.73 Å². The van der Waals surface area contributed by atoms with Gasteiger partial charge in [0.2, 0.25) is 10.0 Å². The average Bonchev–Trinajstić information content (AvgIpc) is 2.47. The lowest BCUT2D eigenvalue weighted by atomic mass is 10.0. The Morgan fingerprint density at radius 1 is 1.17 bits per heavy atom. The maximum atomic E-state index is 12.6. The summed E-state index contributed by atoms with van der Waals surface area (Å²) in [6.45, 7) is 0.762. The zero-order chi connectivity index (χ0) is 16.4. The number of nitrogens with zero attached hydrogens (tertiary/aromatic N) is 1. The van der Waals surface area contributed by atoms with Crippen LogP contribution in [0.5, 0.6) is 0 Å². The quantitative estimate of drug-likeness (QED) is 0.883. The second-order valence-corrected chi connectivity index (χ2v) is 7.26. The van der Waals surface area contributed by atoms with Gasteiger partial charge in [-0.2, -0.15) is 17.5 Å². The highest BCUT2D eigenvalue weighted by atomic mass is 35.5. The van der Waals surface area contributed by atoms with Gasteiger partial charge in [-0.1, -0.05) is 6.42 Å². The maximum absolute atomic E-state index is 12.6. The molecule has 9 heteroatoms. The van der Waals surface area contributed by atoms with Gasteiger partial charge >= 0.3 is 6.18 Å². The number of piperidine rings is 1. The van der Waals surface area contributed by atoms with Crippen LogP contribution in [-0.4, -0.2) is 31.9 Å². The molecule has 1 aromatic rings. The molecule has 0 amide bonds. The van der Waals surface area contributed by atoms with Crippen molar-refractivity contribution in [3.63, 3.8) is 0 Å². The first kappa shape index (κ1) is 20.2. The Morgan fingerprint density at radius 3 is 2.30 bits per heavy atom. The van der Waals surface area contributed by atoms with Crippen molar-refractivity contribution < 1.29 is 21.6 Å². The Hall–Kier alpha value is -0.830. The third-order valence-corrected chi connectivity index (χ3v) is 5.83. The summed E-state index contributed by atoms with van der Waals surface area (Å²) < 4.78 is 64.3. The fourth-order valence-corrected chi connectivity index (χ4v) is 4.45. The molecule has 0 saturated carbocycles. The second kappa shape index (κ2) is 7.83. The summed E-state index contributed by atoms with van der Waals surface area (Å²) in [5.74, 6) is 0. The smallest absolute Gasteiger partial charge is 0.330 e. The topological polar surface area (TPSA) is 63.4 Å². The average molecular weight is 373 g/mol. The first-order valence-corrected chi connectivity index (χ1v) is 8.60. The van der Waals surface area contributed by atoms with E-state index < -0.39 is 21.8 Å². The van der Waals surface area contributed by atoms with Crippen LogP contribution in [0.4, 0.5) is 13.2 Å². The van der Waals surface area contributed by atoms with Gasteiger partial charge in [0.1, 0.15) is 0 Å². The number of hydrogen-bond acceptors (Lipinski definition) is 3. The second-order valence-electron chi connectivity index (χ2n) is 5.36. The minimum atomic E-state index is -4.48. The SMILES string of the molecule is Cl.NCCC1CCCCN1S(=O)(=O)c1ccc(C(F)(F)F)cc1. The standard InChI is InChI=1S/C14H19F3N2O2S.ClH/c15-14(16,17)11-4-6-13(7-5-11)22(20,21)19-10-2-1-3-12(19)8-9-18;/h4-7,12H,1-3,8-10,18H2;1H. The molecule has 1 saturated heterocycles. The summed E-state index contributed by atoms with van der Waals surface area (Å²) in [4.78, 5) is -0.107. The molecule has 1 fully saturated rings. The Kier molecular flexibility index (Phi) is 6.88. The van der Waals surface area contributed by atoms with Crippen LogP contribution in [0.15, 0.2) is 29.2 Å². The minimum Gasteiger partial charge on any atom is -0.330 e. The fraction of sp³-hybridized carbons (Fsp3) is 0.571. The molecular weight excluding hydrogens is 353 g/mol. The highest BCUT2D eigenvalue weighted by Crippen LogP contribution is 2.31. The molecular formula is C14H20ClF3N2O2S. The number of sulfonamides is 1. The molecule has 0 aliphatic carbocycles. The van der Waals surface area contributed by atoms with Gasteiger partial charge in [0.25, 0.3) is 0 Å². The van der Waals surface area contributed by atoms with E-state index in [1.807, 2.05) is 0 Å². The predicted octanol–water partition coefficient (Wildman–Crippen LogP) is 3.02. The van der Waals surface area contributed by atoms with Crippen molar-refractivity contribution >= 4 is 22.4 Å². The Labute approximate surface area is 140 Å². The van der Waals surface area contributed by atoms with Crippen LogP contribution >= 0.6 is 12.4 Å². The molecule has 1 aliphatic rings. The van der Waals surface area contributed by atoms with Crippen molar-refractivity contribution in [3.8, 4) is 0 Å². The summed E-state index contributed by atoms with van der Waals surface area (Å²) in [6.07, 6.45) is -1.50. The molecule has 0 spiro atoms. The molecule has 132 valence electrons. The molecule has 0 aromatic heterocycles. The number of benzene rings is 1. The van der Waals surface area contributed by atoms with Crippen molar-refractivity contribution in [3.05, 3.63) is 29.8 Å². The fourth-order valence-electron chi connectivity index (χ4n) is 2.72.